The summed E-state index contributed by atoms with van der Waals surface area (Å²) in [6, 6.07) is 5.88. The van der Waals surface area contributed by atoms with Gasteiger partial charge in [-0.2, -0.15) is 0 Å². The van der Waals surface area contributed by atoms with E-state index in [0.29, 0.717) is 26.1 Å². The van der Waals surface area contributed by atoms with Gasteiger partial charge in [0, 0.05) is 45.5 Å². The van der Waals surface area contributed by atoms with Crippen LogP contribution in [-0.4, -0.2) is 77.6 Å². The van der Waals surface area contributed by atoms with Gasteiger partial charge < -0.3 is 14.9 Å². The number of aromatic nitrogens is 1. The van der Waals surface area contributed by atoms with Crippen molar-refractivity contribution in [2.24, 2.45) is 5.92 Å². The Balaban J connectivity index is 1.47. The number of carboxylic acid groups (broad SMARTS) is 1. The van der Waals surface area contributed by atoms with Gasteiger partial charge in [-0.3, -0.25) is 14.5 Å². The van der Waals surface area contributed by atoms with Gasteiger partial charge in [0.2, 0.25) is 5.91 Å². The van der Waals surface area contributed by atoms with E-state index in [9.17, 15) is 9.59 Å². The number of amides is 1. The maximum atomic E-state index is 12.5. The molecule has 1 aromatic rings. The zero-order valence-corrected chi connectivity index (χ0v) is 13.8. The molecule has 24 heavy (non-hydrogen) atoms. The van der Waals surface area contributed by atoms with E-state index in [-0.39, 0.29) is 5.91 Å². The van der Waals surface area contributed by atoms with Crippen LogP contribution in [0.5, 0.6) is 0 Å². The lowest BCUT2D eigenvalue weighted by molar-refractivity contribution is -0.146. The summed E-state index contributed by atoms with van der Waals surface area (Å²) in [6.45, 7) is 4.74. The summed E-state index contributed by atoms with van der Waals surface area (Å²) in [5.74, 6) is -0.184. The zero-order chi connectivity index (χ0) is 16.9. The molecular weight excluding hydrogens is 308 g/mol. The lowest BCUT2D eigenvalue weighted by atomic mass is 9.98. The summed E-state index contributed by atoms with van der Waals surface area (Å²) in [6.07, 6.45) is 3.23. The predicted molar refractivity (Wildman–Crippen MR) is 89.8 cm³/mol. The van der Waals surface area contributed by atoms with E-state index in [1.165, 1.54) is 0 Å². The van der Waals surface area contributed by atoms with Gasteiger partial charge in [-0.25, -0.2) is 4.98 Å². The second-order valence-electron chi connectivity index (χ2n) is 6.47. The van der Waals surface area contributed by atoms with E-state index in [1.54, 1.807) is 11.1 Å². The number of aliphatic carboxylic acids is 1. The molecule has 0 bridgehead atoms. The number of anilines is 1. The number of piperidine rings is 1. The fourth-order valence-corrected chi connectivity index (χ4v) is 3.37. The van der Waals surface area contributed by atoms with Crippen LogP contribution < -0.4 is 4.90 Å². The van der Waals surface area contributed by atoms with Crippen LogP contribution in [0.1, 0.15) is 12.8 Å². The van der Waals surface area contributed by atoms with Gasteiger partial charge in [0.05, 0.1) is 12.5 Å². The average Bonchev–Trinajstić information content (AvgIpc) is 2.63. The molecule has 2 saturated heterocycles. The molecule has 0 saturated carbocycles. The first-order valence-corrected chi connectivity index (χ1v) is 8.52. The highest BCUT2D eigenvalue weighted by molar-refractivity contribution is 5.79. The Bertz CT molecular complexity index is 572. The molecule has 0 aliphatic carbocycles. The van der Waals surface area contributed by atoms with Crippen LogP contribution >= 0.6 is 0 Å². The molecule has 1 unspecified atom stereocenters. The minimum atomic E-state index is -0.795. The second kappa shape index (κ2) is 7.61. The highest BCUT2D eigenvalue weighted by atomic mass is 16.4. The standard InChI is InChI=1S/C17H24N4O3/c22-16(21-7-3-4-14(12-21)17(23)24)13-19-8-10-20(11-9-19)15-5-1-2-6-18-15/h1-2,5-6,14H,3-4,7-13H2,(H,23,24). The first kappa shape index (κ1) is 16.7. The molecule has 0 aromatic carbocycles. The van der Waals surface area contributed by atoms with Gasteiger partial charge in [0.25, 0.3) is 0 Å². The molecule has 7 nitrogen and oxygen atoms in total. The molecule has 2 fully saturated rings. The Kier molecular flexibility index (Phi) is 5.30. The van der Waals surface area contributed by atoms with Crippen molar-refractivity contribution in [1.82, 2.24) is 14.8 Å². The fourth-order valence-electron chi connectivity index (χ4n) is 3.37. The topological polar surface area (TPSA) is 77.0 Å². The summed E-state index contributed by atoms with van der Waals surface area (Å²) in [5.41, 5.74) is 0. The third-order valence-electron chi connectivity index (χ3n) is 4.83. The minimum absolute atomic E-state index is 0.0484. The largest absolute Gasteiger partial charge is 0.481 e. The number of carboxylic acids is 1. The summed E-state index contributed by atoms with van der Waals surface area (Å²) < 4.78 is 0. The van der Waals surface area contributed by atoms with Crippen LogP contribution in [0.15, 0.2) is 24.4 Å². The SMILES string of the molecule is O=C(O)C1CCCN(C(=O)CN2CCN(c3ccccn3)CC2)C1. The van der Waals surface area contributed by atoms with Crippen molar-refractivity contribution in [3.8, 4) is 0 Å². The highest BCUT2D eigenvalue weighted by Crippen LogP contribution is 2.17. The number of likely N-dealkylation sites (tertiary alicyclic amines) is 1. The van der Waals surface area contributed by atoms with Crippen molar-refractivity contribution in [3.05, 3.63) is 24.4 Å². The number of nitrogens with zero attached hydrogens (tertiary/aromatic N) is 4. The van der Waals surface area contributed by atoms with Gasteiger partial charge in [-0.1, -0.05) is 6.07 Å². The lowest BCUT2D eigenvalue weighted by Crippen LogP contribution is -2.52. The van der Waals surface area contributed by atoms with Crippen molar-refractivity contribution >= 4 is 17.7 Å². The third-order valence-corrected chi connectivity index (χ3v) is 4.83. The molecule has 7 heteroatoms. The smallest absolute Gasteiger partial charge is 0.308 e. The van der Waals surface area contributed by atoms with Gasteiger partial charge in [-0.15, -0.1) is 0 Å². The van der Waals surface area contributed by atoms with Crippen molar-refractivity contribution in [2.75, 3.05) is 50.7 Å². The van der Waals surface area contributed by atoms with Crippen LogP contribution in [-0.2, 0) is 9.59 Å². The first-order chi connectivity index (χ1) is 11.6. The van der Waals surface area contributed by atoms with Crippen molar-refractivity contribution < 1.29 is 14.7 Å². The van der Waals surface area contributed by atoms with Crippen molar-refractivity contribution in [1.29, 1.82) is 0 Å². The van der Waals surface area contributed by atoms with Gasteiger partial charge in [-0.05, 0) is 25.0 Å². The molecule has 2 aliphatic rings. The van der Waals surface area contributed by atoms with Crippen molar-refractivity contribution in [2.45, 2.75) is 12.8 Å². The predicted octanol–water partition coefficient (Wildman–Crippen LogP) is 0.527. The van der Waals surface area contributed by atoms with Crippen LogP contribution in [0.2, 0.25) is 0 Å². The Morgan fingerprint density at radius 2 is 1.96 bits per heavy atom. The Morgan fingerprint density at radius 1 is 1.17 bits per heavy atom. The summed E-state index contributed by atoms with van der Waals surface area (Å²) in [4.78, 5) is 34.0. The Labute approximate surface area is 141 Å². The Morgan fingerprint density at radius 3 is 2.62 bits per heavy atom. The van der Waals surface area contributed by atoms with Gasteiger partial charge in [0.15, 0.2) is 0 Å². The van der Waals surface area contributed by atoms with Gasteiger partial charge >= 0.3 is 5.97 Å². The molecule has 2 aliphatic heterocycles. The number of carbonyl (C=O) groups is 2. The highest BCUT2D eigenvalue weighted by Gasteiger charge is 2.29. The lowest BCUT2D eigenvalue weighted by Gasteiger charge is -2.37. The number of hydrogen-bond acceptors (Lipinski definition) is 5. The van der Waals surface area contributed by atoms with Crippen LogP contribution in [0.4, 0.5) is 5.82 Å². The maximum Gasteiger partial charge on any atom is 0.308 e. The summed E-state index contributed by atoms with van der Waals surface area (Å²) >= 11 is 0. The fraction of sp³-hybridized carbons (Fsp3) is 0.588. The van der Waals surface area contributed by atoms with E-state index in [2.05, 4.69) is 14.8 Å². The Hall–Kier alpha value is -2.15. The summed E-state index contributed by atoms with van der Waals surface area (Å²) in [7, 11) is 0. The third kappa shape index (κ3) is 4.03. The molecule has 0 spiro atoms. The molecule has 3 rings (SSSR count). The number of rotatable bonds is 4. The zero-order valence-electron chi connectivity index (χ0n) is 13.8. The normalized spacial score (nSPS) is 22.4. The molecule has 0 radical (unpaired) electrons. The second-order valence-corrected chi connectivity index (χ2v) is 6.47. The van der Waals surface area contributed by atoms with E-state index in [1.807, 2.05) is 18.2 Å². The molecule has 1 N–H and O–H groups in total. The molecule has 130 valence electrons. The maximum absolute atomic E-state index is 12.5. The molecule has 1 amide bonds. The van der Waals surface area contributed by atoms with Crippen LogP contribution in [0, 0.1) is 5.92 Å². The number of pyridine rings is 1. The quantitative estimate of drug-likeness (QED) is 0.867. The van der Waals surface area contributed by atoms with Crippen molar-refractivity contribution in [3.63, 3.8) is 0 Å². The monoisotopic (exact) mass is 332 g/mol. The minimum Gasteiger partial charge on any atom is -0.481 e. The number of carbonyl (C=O) groups excluding carboxylic acids is 1. The number of piperazine rings is 1. The first-order valence-electron chi connectivity index (χ1n) is 8.52. The average molecular weight is 332 g/mol. The van der Waals surface area contributed by atoms with E-state index in [0.717, 1.165) is 38.4 Å². The van der Waals surface area contributed by atoms with E-state index >= 15 is 0 Å². The molecule has 1 aromatic heterocycles. The van der Waals surface area contributed by atoms with Crippen LogP contribution in [0.3, 0.4) is 0 Å². The van der Waals surface area contributed by atoms with E-state index in [4.69, 9.17) is 5.11 Å². The number of hydrogen-bond donors (Lipinski definition) is 1. The van der Waals surface area contributed by atoms with Crippen LogP contribution in [0.25, 0.3) is 0 Å². The van der Waals surface area contributed by atoms with E-state index < -0.39 is 11.9 Å². The molecule has 3 heterocycles. The summed E-state index contributed by atoms with van der Waals surface area (Å²) in [5, 5.41) is 9.14. The molecular formula is C17H24N4O3. The molecule has 1 atom stereocenters. The van der Waals surface area contributed by atoms with Gasteiger partial charge in [0.1, 0.15) is 5.82 Å².